The third-order valence-electron chi connectivity index (χ3n) is 6.84. The lowest BCUT2D eigenvalue weighted by atomic mass is 9.97. The molecule has 31 heavy (non-hydrogen) atoms. The Bertz CT molecular complexity index is 1050. The summed E-state index contributed by atoms with van der Waals surface area (Å²) in [5.74, 6) is 0.569. The minimum atomic E-state index is 0.0735. The van der Waals surface area contributed by atoms with Crippen molar-refractivity contribution >= 4 is 28.2 Å². The molecular weight excluding hydrogens is 386 g/mol. The molecule has 0 bridgehead atoms. The lowest BCUT2D eigenvalue weighted by Gasteiger charge is -2.36. The van der Waals surface area contributed by atoms with Gasteiger partial charge in [0.25, 0.3) is 0 Å². The van der Waals surface area contributed by atoms with Crippen molar-refractivity contribution in [2.75, 3.05) is 62.7 Å². The van der Waals surface area contributed by atoms with Gasteiger partial charge in [0.1, 0.15) is 0 Å². The quantitative estimate of drug-likeness (QED) is 0.647. The smallest absolute Gasteiger partial charge is 0.239 e. The number of nitrogens with one attached hydrogen (secondary N) is 2. The number of carbonyl (C=O) groups excluding carboxylic acids is 1. The molecule has 162 valence electrons. The summed E-state index contributed by atoms with van der Waals surface area (Å²) in [4.78, 5) is 22.5. The van der Waals surface area contributed by atoms with Gasteiger partial charge in [-0.2, -0.15) is 0 Å². The Morgan fingerprint density at radius 1 is 1.10 bits per heavy atom. The minimum absolute atomic E-state index is 0.0735. The Morgan fingerprint density at radius 2 is 1.94 bits per heavy atom. The van der Waals surface area contributed by atoms with Crippen LogP contribution < -0.4 is 15.1 Å². The van der Waals surface area contributed by atoms with E-state index in [9.17, 15) is 4.79 Å². The van der Waals surface area contributed by atoms with Crippen LogP contribution in [0.5, 0.6) is 0 Å². The molecule has 2 aliphatic heterocycles. The molecule has 1 atom stereocenters. The summed E-state index contributed by atoms with van der Waals surface area (Å²) >= 11 is 0. The van der Waals surface area contributed by atoms with Gasteiger partial charge in [-0.05, 0) is 48.9 Å². The van der Waals surface area contributed by atoms with Crippen LogP contribution in [0.4, 0.5) is 11.4 Å². The van der Waals surface area contributed by atoms with Crippen LogP contribution in [0, 0.1) is 0 Å². The van der Waals surface area contributed by atoms with Gasteiger partial charge in [0, 0.05) is 74.2 Å². The number of amides is 1. The van der Waals surface area contributed by atoms with E-state index in [0.29, 0.717) is 12.5 Å². The van der Waals surface area contributed by atoms with Gasteiger partial charge in [-0.15, -0.1) is 0 Å². The highest BCUT2D eigenvalue weighted by Gasteiger charge is 2.29. The lowest BCUT2D eigenvalue weighted by Crippen LogP contribution is -2.46. The fourth-order valence-corrected chi connectivity index (χ4v) is 5.04. The monoisotopic (exact) mass is 417 g/mol. The molecule has 3 aromatic rings. The summed E-state index contributed by atoms with van der Waals surface area (Å²) in [5, 5.41) is 4.03. The van der Waals surface area contributed by atoms with E-state index in [1.165, 1.54) is 27.8 Å². The summed E-state index contributed by atoms with van der Waals surface area (Å²) in [7, 11) is 1.71. The van der Waals surface area contributed by atoms with Crippen molar-refractivity contribution in [3.8, 4) is 0 Å². The van der Waals surface area contributed by atoms with E-state index < -0.39 is 0 Å². The summed E-state index contributed by atoms with van der Waals surface area (Å²) < 4.78 is 0. The van der Waals surface area contributed by atoms with Crippen LogP contribution in [0.1, 0.15) is 17.9 Å². The summed E-state index contributed by atoms with van der Waals surface area (Å²) in [6, 6.07) is 17.4. The zero-order valence-electron chi connectivity index (χ0n) is 18.2. The van der Waals surface area contributed by atoms with Gasteiger partial charge in [-0.25, -0.2) is 0 Å². The number of benzene rings is 2. The number of para-hydroxylation sites is 1. The van der Waals surface area contributed by atoms with Gasteiger partial charge in [0.2, 0.25) is 5.91 Å². The molecule has 2 aliphatic rings. The van der Waals surface area contributed by atoms with Crippen molar-refractivity contribution in [2.24, 2.45) is 0 Å². The number of hydrogen-bond donors (Lipinski definition) is 2. The standard InChI is InChI=1S/C25H31N5O/c1-26-25(31)18-30-17-20(22-4-2-3-5-24(22)30)9-11-28-12-14-29(15-13-28)21-6-7-23-19(16-21)8-10-27-23/h2-8,10,16,20,27H,9,11-15,17-18H2,1H3,(H,26,31). The maximum Gasteiger partial charge on any atom is 0.239 e. The first-order valence-electron chi connectivity index (χ1n) is 11.3. The van der Waals surface area contributed by atoms with E-state index in [4.69, 9.17) is 0 Å². The highest BCUT2D eigenvalue weighted by Crippen LogP contribution is 2.37. The summed E-state index contributed by atoms with van der Waals surface area (Å²) in [6.07, 6.45) is 3.14. The molecule has 1 fully saturated rings. The number of likely N-dealkylation sites (N-methyl/N-ethyl adjacent to an activating group) is 1. The lowest BCUT2D eigenvalue weighted by molar-refractivity contribution is -0.119. The Kier molecular flexibility index (Phi) is 5.55. The molecule has 2 N–H and O–H groups in total. The van der Waals surface area contributed by atoms with Gasteiger partial charge < -0.3 is 20.1 Å². The van der Waals surface area contributed by atoms with Gasteiger partial charge in [0.15, 0.2) is 0 Å². The maximum absolute atomic E-state index is 11.9. The average molecular weight is 418 g/mol. The van der Waals surface area contributed by atoms with E-state index in [-0.39, 0.29) is 5.91 Å². The van der Waals surface area contributed by atoms with Crippen molar-refractivity contribution < 1.29 is 4.79 Å². The number of piperazine rings is 1. The molecule has 3 heterocycles. The van der Waals surface area contributed by atoms with E-state index in [1.807, 2.05) is 6.20 Å². The van der Waals surface area contributed by atoms with Crippen LogP contribution in [-0.2, 0) is 4.79 Å². The first kappa shape index (κ1) is 19.9. The summed E-state index contributed by atoms with van der Waals surface area (Å²) in [5.41, 5.74) is 5.14. The van der Waals surface area contributed by atoms with Crippen LogP contribution in [0.3, 0.4) is 0 Å². The second kappa shape index (κ2) is 8.63. The minimum Gasteiger partial charge on any atom is -0.369 e. The fraction of sp³-hybridized carbons (Fsp3) is 0.400. The third kappa shape index (κ3) is 4.12. The number of anilines is 2. The van der Waals surface area contributed by atoms with E-state index in [2.05, 4.69) is 73.5 Å². The van der Waals surface area contributed by atoms with E-state index in [1.54, 1.807) is 7.05 Å². The van der Waals surface area contributed by atoms with E-state index >= 15 is 0 Å². The normalized spacial score (nSPS) is 19.1. The molecule has 0 saturated carbocycles. The molecule has 1 saturated heterocycles. The average Bonchev–Trinajstić information content (AvgIpc) is 3.42. The maximum atomic E-state index is 11.9. The largest absolute Gasteiger partial charge is 0.369 e. The molecule has 1 unspecified atom stereocenters. The number of rotatable bonds is 6. The van der Waals surface area contributed by atoms with Crippen molar-refractivity contribution in [3.05, 3.63) is 60.3 Å². The van der Waals surface area contributed by atoms with Crippen molar-refractivity contribution in [1.29, 1.82) is 0 Å². The van der Waals surface area contributed by atoms with E-state index in [0.717, 1.165) is 45.7 Å². The van der Waals surface area contributed by atoms with Crippen LogP contribution >= 0.6 is 0 Å². The highest BCUT2D eigenvalue weighted by molar-refractivity contribution is 5.83. The topological polar surface area (TPSA) is 54.6 Å². The molecule has 0 spiro atoms. The Balaban J connectivity index is 1.16. The van der Waals surface area contributed by atoms with Gasteiger partial charge in [0.05, 0.1) is 6.54 Å². The number of aromatic amines is 1. The number of aromatic nitrogens is 1. The van der Waals surface area contributed by atoms with Crippen molar-refractivity contribution in [1.82, 2.24) is 15.2 Å². The first-order valence-corrected chi connectivity index (χ1v) is 11.3. The SMILES string of the molecule is CNC(=O)CN1CC(CCN2CCN(c3ccc4[nH]ccc4c3)CC2)c2ccccc21. The van der Waals surface area contributed by atoms with Gasteiger partial charge in [-0.1, -0.05) is 18.2 Å². The second-order valence-corrected chi connectivity index (χ2v) is 8.68. The summed E-state index contributed by atoms with van der Waals surface area (Å²) in [6.45, 7) is 6.82. The number of carbonyl (C=O) groups is 1. The van der Waals surface area contributed by atoms with Crippen LogP contribution in [0.2, 0.25) is 0 Å². The first-order chi connectivity index (χ1) is 15.2. The molecule has 5 rings (SSSR count). The second-order valence-electron chi connectivity index (χ2n) is 8.68. The molecule has 1 amide bonds. The predicted octanol–water partition coefficient (Wildman–Crippen LogP) is 3.03. The van der Waals surface area contributed by atoms with Gasteiger partial charge >= 0.3 is 0 Å². The number of nitrogens with zero attached hydrogens (tertiary/aromatic N) is 3. The van der Waals surface area contributed by atoms with Crippen molar-refractivity contribution in [2.45, 2.75) is 12.3 Å². The number of H-pyrrole nitrogens is 1. The van der Waals surface area contributed by atoms with Crippen LogP contribution in [0.15, 0.2) is 54.7 Å². The van der Waals surface area contributed by atoms with Crippen LogP contribution in [-0.4, -0.2) is 68.7 Å². The van der Waals surface area contributed by atoms with Gasteiger partial charge in [-0.3, -0.25) is 9.69 Å². The molecule has 2 aromatic carbocycles. The van der Waals surface area contributed by atoms with Crippen molar-refractivity contribution in [3.63, 3.8) is 0 Å². The zero-order chi connectivity index (χ0) is 21.2. The molecule has 0 aliphatic carbocycles. The molecule has 6 heteroatoms. The molecular formula is C25H31N5O. The number of fused-ring (bicyclic) bond motifs is 2. The Morgan fingerprint density at radius 3 is 2.77 bits per heavy atom. The molecule has 6 nitrogen and oxygen atoms in total. The predicted molar refractivity (Wildman–Crippen MR) is 127 cm³/mol. The zero-order valence-corrected chi connectivity index (χ0v) is 18.2. The fourth-order valence-electron chi connectivity index (χ4n) is 5.04. The Hall–Kier alpha value is -2.99. The van der Waals surface area contributed by atoms with Crippen LogP contribution in [0.25, 0.3) is 10.9 Å². The Labute approximate surface area is 183 Å². The third-order valence-corrected chi connectivity index (χ3v) is 6.84. The number of hydrogen-bond acceptors (Lipinski definition) is 4. The molecule has 0 radical (unpaired) electrons. The highest BCUT2D eigenvalue weighted by atomic mass is 16.1. The molecule has 1 aromatic heterocycles.